The molecule has 0 saturated heterocycles. The summed E-state index contributed by atoms with van der Waals surface area (Å²) in [4.78, 5) is 16.7. The number of anilines is 1. The number of hydrogen-bond acceptors (Lipinski definition) is 3. The van der Waals surface area contributed by atoms with Gasteiger partial charge in [-0.3, -0.25) is 10.1 Å². The maximum Gasteiger partial charge on any atom is 0.313 e. The van der Waals surface area contributed by atoms with Gasteiger partial charge in [0.25, 0.3) is 0 Å². The molecular weight excluding hydrogens is 376 g/mol. The Labute approximate surface area is 158 Å². The minimum Gasteiger partial charge on any atom is -0.304 e. The summed E-state index contributed by atoms with van der Waals surface area (Å²) in [6.07, 6.45) is 0.958. The zero-order valence-electron chi connectivity index (χ0n) is 15.1. The van der Waals surface area contributed by atoms with Crippen molar-refractivity contribution in [2.75, 3.05) is 5.32 Å². The second-order valence-corrected chi connectivity index (χ2v) is 7.92. The van der Waals surface area contributed by atoms with Crippen LogP contribution in [0.5, 0.6) is 0 Å². The molecule has 2 saturated carbocycles. The largest absolute Gasteiger partial charge is 0.313 e. The van der Waals surface area contributed by atoms with Gasteiger partial charge < -0.3 is 4.57 Å². The molecule has 1 heterocycles. The Bertz CT molecular complexity index is 1000. The van der Waals surface area contributed by atoms with Crippen LogP contribution in [0.4, 0.5) is 23.5 Å². The number of benzene rings is 1. The molecule has 1 N–H and O–H groups in total. The van der Waals surface area contributed by atoms with E-state index in [0.29, 0.717) is 16.6 Å². The number of carbonyl (C=O) groups is 1. The Balaban J connectivity index is 1.63. The number of hydrogen-bond donors (Lipinski definition) is 1. The van der Waals surface area contributed by atoms with Crippen molar-refractivity contribution < 1.29 is 22.4 Å². The van der Waals surface area contributed by atoms with Crippen molar-refractivity contribution in [2.24, 2.45) is 5.92 Å². The molecule has 1 unspecified atom stereocenters. The molecule has 2 aromatic rings. The Morgan fingerprint density at radius 3 is 2.61 bits per heavy atom. The Morgan fingerprint density at radius 2 is 2.07 bits per heavy atom. The molecule has 1 aromatic heterocycles. The number of rotatable bonds is 4. The van der Waals surface area contributed by atoms with Crippen LogP contribution < -0.4 is 5.32 Å². The molecular formula is C19H18F4N4O. The molecule has 0 radical (unpaired) electrons. The van der Waals surface area contributed by atoms with Crippen LogP contribution in [0.15, 0.2) is 18.2 Å². The van der Waals surface area contributed by atoms with Crippen LogP contribution in [0.2, 0.25) is 0 Å². The van der Waals surface area contributed by atoms with Crippen molar-refractivity contribution in [2.45, 2.75) is 56.4 Å². The summed E-state index contributed by atoms with van der Waals surface area (Å²) < 4.78 is 54.8. The molecule has 28 heavy (non-hydrogen) atoms. The predicted molar refractivity (Wildman–Crippen MR) is 93.2 cm³/mol. The highest BCUT2D eigenvalue weighted by Crippen LogP contribution is 2.56. The molecule has 9 heteroatoms. The van der Waals surface area contributed by atoms with Gasteiger partial charge in [0.05, 0.1) is 22.7 Å². The van der Waals surface area contributed by atoms with E-state index in [9.17, 15) is 22.4 Å². The number of nitrogens with one attached hydrogen (secondary N) is 1. The lowest BCUT2D eigenvalue weighted by molar-refractivity contribution is -0.313. The number of halogens is 4. The predicted octanol–water partition coefficient (Wildman–Crippen LogP) is 4.43. The lowest BCUT2D eigenvalue weighted by Crippen LogP contribution is -2.59. The molecule has 2 fully saturated rings. The number of fused-ring (bicyclic) bond motifs is 1. The number of aromatic nitrogens is 2. The standard InChI is InChI=1S/C19H18F4N4O/c1-17(5-2-6-17)27-14-7-11(10-24)3-4-13(14)25-16(27)26-15(28)8-12-9-18(20,21)19(12,22)23/h3-4,7,12H,2,5-6,8-9H2,1H3,(H,25,26,28). The van der Waals surface area contributed by atoms with Gasteiger partial charge in [-0.15, -0.1) is 0 Å². The average Bonchev–Trinajstić information content (AvgIpc) is 2.96. The first kappa shape index (κ1) is 18.7. The van der Waals surface area contributed by atoms with Crippen molar-refractivity contribution in [1.82, 2.24) is 9.55 Å². The van der Waals surface area contributed by atoms with Gasteiger partial charge in [-0.25, -0.2) is 4.98 Å². The van der Waals surface area contributed by atoms with Crippen LogP contribution in [0.25, 0.3) is 11.0 Å². The smallest absolute Gasteiger partial charge is 0.304 e. The van der Waals surface area contributed by atoms with E-state index in [1.54, 1.807) is 18.2 Å². The number of amides is 1. The SMILES string of the molecule is CC1(n2c(NC(=O)CC3CC(F)(F)C3(F)F)nc3ccc(C#N)cc32)CCC1. The van der Waals surface area contributed by atoms with Gasteiger partial charge in [0.15, 0.2) is 0 Å². The van der Waals surface area contributed by atoms with E-state index in [0.717, 1.165) is 19.3 Å². The highest BCUT2D eigenvalue weighted by atomic mass is 19.3. The van der Waals surface area contributed by atoms with Crippen LogP contribution in [0, 0.1) is 17.2 Å². The molecule has 2 aliphatic rings. The lowest BCUT2D eigenvalue weighted by atomic mass is 9.74. The lowest BCUT2D eigenvalue weighted by Gasteiger charge is -2.43. The number of nitriles is 1. The summed E-state index contributed by atoms with van der Waals surface area (Å²) in [5.74, 6) is -10.5. The number of imidazole rings is 1. The van der Waals surface area contributed by atoms with Crippen LogP contribution >= 0.6 is 0 Å². The van der Waals surface area contributed by atoms with Gasteiger partial charge in [-0.1, -0.05) is 0 Å². The second-order valence-electron chi connectivity index (χ2n) is 7.92. The van der Waals surface area contributed by atoms with E-state index >= 15 is 0 Å². The first-order valence-corrected chi connectivity index (χ1v) is 9.06. The van der Waals surface area contributed by atoms with Crippen LogP contribution in [0.3, 0.4) is 0 Å². The normalized spacial score (nSPS) is 24.1. The monoisotopic (exact) mass is 394 g/mol. The van der Waals surface area contributed by atoms with Crippen molar-refractivity contribution in [3.8, 4) is 6.07 Å². The molecule has 0 bridgehead atoms. The van der Waals surface area contributed by atoms with Gasteiger partial charge >= 0.3 is 11.8 Å². The highest BCUT2D eigenvalue weighted by molar-refractivity contribution is 5.92. The number of nitrogens with zero attached hydrogens (tertiary/aromatic N) is 3. The molecule has 0 aliphatic heterocycles. The summed E-state index contributed by atoms with van der Waals surface area (Å²) in [7, 11) is 0. The average molecular weight is 394 g/mol. The molecule has 0 spiro atoms. The summed E-state index contributed by atoms with van der Waals surface area (Å²) in [5.41, 5.74) is 1.34. The third-order valence-corrected chi connectivity index (χ3v) is 5.94. The van der Waals surface area contributed by atoms with Gasteiger partial charge in [-0.05, 0) is 44.4 Å². The quantitative estimate of drug-likeness (QED) is 0.780. The maximum atomic E-state index is 13.5. The minimum atomic E-state index is -4.17. The summed E-state index contributed by atoms with van der Waals surface area (Å²) in [6, 6.07) is 6.99. The Morgan fingerprint density at radius 1 is 1.36 bits per heavy atom. The van der Waals surface area contributed by atoms with Crippen molar-refractivity contribution in [3.05, 3.63) is 23.8 Å². The topological polar surface area (TPSA) is 70.7 Å². The minimum absolute atomic E-state index is 0.187. The van der Waals surface area contributed by atoms with E-state index in [4.69, 9.17) is 5.26 Å². The first-order chi connectivity index (χ1) is 13.1. The van der Waals surface area contributed by atoms with Crippen LogP contribution in [-0.2, 0) is 10.3 Å². The fourth-order valence-electron chi connectivity index (χ4n) is 4.03. The van der Waals surface area contributed by atoms with Crippen LogP contribution in [0.1, 0.15) is 44.6 Å². The third kappa shape index (κ3) is 2.65. The van der Waals surface area contributed by atoms with E-state index < -0.39 is 36.5 Å². The maximum absolute atomic E-state index is 13.5. The highest BCUT2D eigenvalue weighted by Gasteiger charge is 2.71. The Kier molecular flexibility index (Phi) is 3.97. The summed E-state index contributed by atoms with van der Waals surface area (Å²) in [5, 5.41) is 11.7. The molecule has 2 aliphatic carbocycles. The van der Waals surface area contributed by atoms with Crippen molar-refractivity contribution in [3.63, 3.8) is 0 Å². The van der Waals surface area contributed by atoms with E-state index in [2.05, 4.69) is 16.4 Å². The summed E-state index contributed by atoms with van der Waals surface area (Å²) >= 11 is 0. The van der Waals surface area contributed by atoms with Gasteiger partial charge in [0.1, 0.15) is 0 Å². The van der Waals surface area contributed by atoms with Gasteiger partial charge in [0.2, 0.25) is 11.9 Å². The molecule has 1 atom stereocenters. The van der Waals surface area contributed by atoms with Crippen molar-refractivity contribution in [1.29, 1.82) is 5.26 Å². The third-order valence-electron chi connectivity index (χ3n) is 5.94. The molecule has 148 valence electrons. The number of alkyl halides is 4. The molecule has 4 rings (SSSR count). The summed E-state index contributed by atoms with van der Waals surface area (Å²) in [6.45, 7) is 1.99. The van der Waals surface area contributed by atoms with E-state index in [1.807, 2.05) is 11.5 Å². The zero-order valence-corrected chi connectivity index (χ0v) is 15.1. The van der Waals surface area contributed by atoms with Gasteiger partial charge in [-0.2, -0.15) is 22.8 Å². The molecule has 5 nitrogen and oxygen atoms in total. The number of carbonyl (C=O) groups excluding carboxylic acids is 1. The fourth-order valence-corrected chi connectivity index (χ4v) is 4.03. The van der Waals surface area contributed by atoms with Gasteiger partial charge in [0, 0.05) is 24.3 Å². The van der Waals surface area contributed by atoms with E-state index in [1.165, 1.54) is 0 Å². The fraction of sp³-hybridized carbons (Fsp3) is 0.526. The van der Waals surface area contributed by atoms with Crippen molar-refractivity contribution >= 4 is 22.9 Å². The second kappa shape index (κ2) is 5.93. The Hall–Kier alpha value is -2.63. The molecule has 1 amide bonds. The zero-order chi connectivity index (χ0) is 20.3. The molecule has 1 aromatic carbocycles. The first-order valence-electron chi connectivity index (χ1n) is 9.06. The van der Waals surface area contributed by atoms with Crippen LogP contribution in [-0.4, -0.2) is 27.3 Å². The van der Waals surface area contributed by atoms with E-state index in [-0.39, 0.29) is 11.5 Å².